The fourth-order valence-electron chi connectivity index (χ4n) is 13.4. The molecule has 0 saturated carbocycles. The number of carbonyl (C=O) groups excluding carboxylic acids is 9. The van der Waals surface area contributed by atoms with Crippen LogP contribution in [0.1, 0.15) is 200 Å². The van der Waals surface area contributed by atoms with Crippen molar-refractivity contribution < 1.29 is 101 Å². The zero-order valence-corrected chi connectivity index (χ0v) is 94.6. The summed E-state index contributed by atoms with van der Waals surface area (Å²) in [7, 11) is 13.8. The van der Waals surface area contributed by atoms with E-state index in [9.17, 15) is 47.5 Å². The van der Waals surface area contributed by atoms with E-state index in [1.54, 1.807) is 62.0 Å². The van der Waals surface area contributed by atoms with Crippen molar-refractivity contribution in [1.82, 2.24) is 47.9 Å². The van der Waals surface area contributed by atoms with E-state index in [0.717, 1.165) is 99.3 Å². The van der Waals surface area contributed by atoms with Crippen molar-refractivity contribution in [3.63, 3.8) is 0 Å². The molecule has 0 aliphatic carbocycles. The van der Waals surface area contributed by atoms with Crippen LogP contribution in [0, 0.1) is 19.7 Å². The summed E-state index contributed by atoms with van der Waals surface area (Å²) in [5.41, 5.74) is 12.8. The summed E-state index contributed by atoms with van der Waals surface area (Å²) in [5.74, 6) is 0.878. The number of halogens is 4. The Bertz CT molecular complexity index is 4780. The molecule has 35 heteroatoms. The lowest BCUT2D eigenvalue weighted by molar-refractivity contribution is -0.126. The lowest BCUT2D eigenvalue weighted by Crippen LogP contribution is -2.36. The van der Waals surface area contributed by atoms with Crippen LogP contribution in [-0.4, -0.2) is 211 Å². The highest BCUT2D eigenvalue weighted by atomic mass is 79.9. The monoisotopic (exact) mass is 2180 g/mol. The topological polar surface area (TPSA) is 408 Å². The van der Waals surface area contributed by atoms with Crippen LogP contribution in [0.4, 0.5) is 4.39 Å². The number of hydrogen-bond acceptors (Lipinski definition) is 20. The van der Waals surface area contributed by atoms with Gasteiger partial charge < -0.3 is 101 Å². The molecule has 13 N–H and O–H groups in total. The van der Waals surface area contributed by atoms with Gasteiger partial charge in [0.05, 0.1) is 44.4 Å². The molecular weight excluding hydrogens is 2030 g/mol. The highest BCUT2D eigenvalue weighted by molar-refractivity contribution is 9.10. The number of thioether (sulfide) groups is 2. The Hall–Kier alpha value is -10.9. The first-order chi connectivity index (χ1) is 69.2. The third kappa shape index (κ3) is 67.0. The van der Waals surface area contributed by atoms with Gasteiger partial charge in [-0.2, -0.15) is 0 Å². The van der Waals surface area contributed by atoms with E-state index in [0.29, 0.717) is 17.9 Å². The van der Waals surface area contributed by atoms with Gasteiger partial charge in [-0.05, 0) is 281 Å². The minimum absolute atomic E-state index is 0. The zero-order chi connectivity index (χ0) is 109. The van der Waals surface area contributed by atoms with E-state index < -0.39 is 0 Å². The number of nitrogens with one attached hydrogen (secondary N) is 9. The third-order valence-electron chi connectivity index (χ3n) is 21.1. The highest BCUT2D eigenvalue weighted by Crippen LogP contribution is 2.24. The fraction of sp³-hybridized carbons (Fsp3) is 0.438. The largest absolute Gasteiger partial charge is 0.497 e. The van der Waals surface area contributed by atoms with Crippen LogP contribution in [-0.2, 0) is 102 Å². The third-order valence-corrected chi connectivity index (χ3v) is 23.6. The first-order valence-corrected chi connectivity index (χ1v) is 51.9. The van der Waals surface area contributed by atoms with Gasteiger partial charge in [0.2, 0.25) is 53.2 Å². The summed E-state index contributed by atoms with van der Waals surface area (Å²) in [4.78, 5) is 104. The molecule has 0 spiro atoms. The molecule has 9 rings (SSSR count). The summed E-state index contributed by atoms with van der Waals surface area (Å²) in [6.45, 7) is 26.3. The molecule has 814 valence electrons. The SMILES string of the molecule is CCC(=O)NC(C)CCc1ccc(OC)cc1.CCC(=O)NC(C)CCc1ccc(SC)cc1.COCC(=O)NC(C)CCc1cc(C)cc(C)c1.COCC(=O)NC(C)Cc1ccc(Cl)cc1.COCC(=O)NC(C)c1ccc(Br)cc1.COCC(=O)NC(C)c1ccc(Cl)cc1.COCC(=O)NC(C)c1ccc(F)cc1.COCC(=O)NC(C)c1ccc(OC)cc1.COCC(=O)NC(C)c1ccc(SC)cc1.O.O. The highest BCUT2D eigenvalue weighted by Gasteiger charge is 2.17. The maximum atomic E-state index is 12.6. The molecule has 0 aromatic heterocycles. The lowest BCUT2D eigenvalue weighted by Gasteiger charge is -2.14. The number of benzene rings is 9. The van der Waals surface area contributed by atoms with Crippen molar-refractivity contribution in [1.29, 1.82) is 0 Å². The Morgan fingerprint density at radius 2 is 0.537 bits per heavy atom. The molecule has 0 aliphatic rings. The van der Waals surface area contributed by atoms with Crippen LogP contribution >= 0.6 is 62.7 Å². The number of aryl methyl sites for hydroxylation is 5. The van der Waals surface area contributed by atoms with E-state index in [2.05, 4.69) is 162 Å². The van der Waals surface area contributed by atoms with Crippen LogP contribution in [0.5, 0.6) is 11.5 Å². The molecule has 0 radical (unpaired) electrons. The number of methoxy groups -OCH3 is 9. The number of rotatable bonds is 45. The molecule has 9 amide bonds. The van der Waals surface area contributed by atoms with Crippen molar-refractivity contribution >= 4 is 116 Å². The number of hydrogen-bond donors (Lipinski definition) is 9. The molecule has 0 bridgehead atoms. The quantitative estimate of drug-likeness (QED) is 0.0160. The summed E-state index contributed by atoms with van der Waals surface area (Å²) in [5, 5.41) is 27.2. The summed E-state index contributed by atoms with van der Waals surface area (Å²) in [6.07, 6.45) is 11.9. The minimum atomic E-state index is -0.283. The van der Waals surface area contributed by atoms with Crippen molar-refractivity contribution in [2.75, 3.05) is 123 Å². The Morgan fingerprint density at radius 1 is 0.306 bits per heavy atom. The standard InChI is InChI=1S/C15H23NO2.C14H21NO2.C14H21NOS.C12H16ClNO2.C12H17NO3.C12H17NO2S.C11H14BrNO2.C11H14ClNO2.C11H14FNO2.2H2O/c1-11-7-12(2)9-14(8-11)6-5-13(3)16-15(17)10-18-4;2*1-4-14(16)15-11(2)5-6-12-7-9-13(17-3)10-8-12;1-9(14-12(15)8-16-2)7-10-3-5-11(13)6-4-10;2*1-9(13-12(14)8-15-2)10-4-6-11(16-3)7-5-10;3*1-8(13-11(14)7-15-2)9-3-5-10(12)6-4-9;;/h7-9,13H,5-6,10H2,1-4H3,(H,16,17);2*7-11H,4-6H2,1-3H3,(H,15,16);3-6,9H,7-8H2,1-2H3,(H,14,15);2*4-7,9H,8H2,1-3H3,(H,13,14);3*3-6,8H,7H2,1-2H3,(H,13,14);2*1H2. The smallest absolute Gasteiger partial charge is 0.246 e. The van der Waals surface area contributed by atoms with Gasteiger partial charge in [0.1, 0.15) is 63.6 Å². The van der Waals surface area contributed by atoms with E-state index in [-0.39, 0.29) is 171 Å². The van der Waals surface area contributed by atoms with Crippen LogP contribution < -0.4 is 57.3 Å². The first-order valence-electron chi connectivity index (χ1n) is 47.9. The van der Waals surface area contributed by atoms with Crippen LogP contribution in [0.3, 0.4) is 0 Å². The van der Waals surface area contributed by atoms with Gasteiger partial charge in [-0.1, -0.05) is 179 Å². The number of amides is 9. The average Bonchev–Trinajstić information content (AvgIpc) is 0.947. The Balaban J connectivity index is 0. The molecular formula is C112H161BrCl2FN9O20S2. The van der Waals surface area contributed by atoms with Gasteiger partial charge in [-0.25, -0.2) is 4.39 Å². The van der Waals surface area contributed by atoms with Crippen LogP contribution in [0.2, 0.25) is 10.0 Å². The van der Waals surface area contributed by atoms with Crippen LogP contribution in [0.15, 0.2) is 227 Å². The van der Waals surface area contributed by atoms with Crippen LogP contribution in [0.25, 0.3) is 0 Å². The zero-order valence-electron chi connectivity index (χ0n) is 89.9. The molecule has 29 nitrogen and oxygen atoms in total. The van der Waals surface area contributed by atoms with Crippen molar-refractivity contribution in [3.8, 4) is 11.5 Å². The molecule has 9 aromatic rings. The molecule has 9 aromatic carbocycles. The van der Waals surface area contributed by atoms with E-state index >= 15 is 0 Å². The second kappa shape index (κ2) is 83.0. The summed E-state index contributed by atoms with van der Waals surface area (Å²) < 4.78 is 57.0. The van der Waals surface area contributed by atoms with Gasteiger partial charge in [0.15, 0.2) is 0 Å². The predicted molar refractivity (Wildman–Crippen MR) is 595 cm³/mol. The first kappa shape index (κ1) is 138. The van der Waals surface area contributed by atoms with Gasteiger partial charge in [0.25, 0.3) is 0 Å². The van der Waals surface area contributed by atoms with Gasteiger partial charge in [-0.15, -0.1) is 23.5 Å². The second-order valence-corrected chi connectivity index (χ2v) is 37.4. The van der Waals surface area contributed by atoms with E-state index in [1.807, 2.05) is 185 Å². The van der Waals surface area contributed by atoms with E-state index in [1.165, 1.54) is 99.5 Å². The van der Waals surface area contributed by atoms with E-state index in [4.69, 9.17) is 61.1 Å². The molecule has 9 atom stereocenters. The number of ether oxygens (including phenoxy) is 9. The molecule has 9 unspecified atom stereocenters. The lowest BCUT2D eigenvalue weighted by atomic mass is 10.0. The summed E-state index contributed by atoms with van der Waals surface area (Å²) >= 11 is 18.4. The van der Waals surface area contributed by atoms with Gasteiger partial charge in [-0.3, -0.25) is 43.2 Å². The molecule has 147 heavy (non-hydrogen) atoms. The maximum absolute atomic E-state index is 12.6. The number of carbonyl (C=O) groups is 9. The Labute approximate surface area is 898 Å². The molecule has 0 heterocycles. The fourth-order valence-corrected chi connectivity index (χ4v) is 14.7. The average molecular weight is 2190 g/mol. The Morgan fingerprint density at radius 3 is 0.830 bits per heavy atom. The van der Waals surface area contributed by atoms with Crippen molar-refractivity contribution in [2.24, 2.45) is 0 Å². The van der Waals surface area contributed by atoms with Gasteiger partial charge >= 0.3 is 0 Å². The summed E-state index contributed by atoms with van der Waals surface area (Å²) in [6, 6.07) is 68.4. The normalized spacial score (nSPS) is 12.0. The van der Waals surface area contributed by atoms with Gasteiger partial charge in [0, 0.05) is 111 Å². The minimum Gasteiger partial charge on any atom is -0.497 e. The molecule has 0 saturated heterocycles. The molecule has 0 aliphatic heterocycles. The second-order valence-electron chi connectivity index (χ2n) is 33.9. The molecule has 0 fully saturated rings. The predicted octanol–water partition coefficient (Wildman–Crippen LogP) is 18.4. The maximum Gasteiger partial charge on any atom is 0.246 e. The van der Waals surface area contributed by atoms with Crippen molar-refractivity contribution in [2.45, 2.75) is 212 Å². The van der Waals surface area contributed by atoms with Crippen molar-refractivity contribution in [3.05, 3.63) is 294 Å². The Kier molecular flexibility index (Phi) is 78.0.